The zero-order valence-corrected chi connectivity index (χ0v) is 18.5. The Morgan fingerprint density at radius 2 is 1.85 bits per heavy atom. The molecule has 1 aromatic heterocycles. The molecule has 33 heavy (non-hydrogen) atoms. The third kappa shape index (κ3) is 4.40. The highest BCUT2D eigenvalue weighted by Gasteiger charge is 2.38. The molecule has 1 amide bonds. The molecule has 5 rings (SSSR count). The number of aliphatic hydroxyl groups is 2. The summed E-state index contributed by atoms with van der Waals surface area (Å²) in [4.78, 5) is 20.7. The van der Waals surface area contributed by atoms with Crippen LogP contribution in [0.3, 0.4) is 0 Å². The highest BCUT2D eigenvalue weighted by Crippen LogP contribution is 2.37. The molecule has 3 aliphatic rings. The molecule has 2 fully saturated rings. The normalized spacial score (nSPS) is 22.9. The minimum atomic E-state index is -1.04. The maximum Gasteiger partial charge on any atom is 0.253 e. The van der Waals surface area contributed by atoms with Crippen LogP contribution in [0, 0.1) is 5.82 Å². The van der Waals surface area contributed by atoms with E-state index in [1.807, 2.05) is 12.3 Å². The number of β-amino-alcohol motifs (C(OH)–C–C–N with tert-alkyl or cyclic N) is 1. The second kappa shape index (κ2) is 8.89. The van der Waals surface area contributed by atoms with E-state index in [1.54, 1.807) is 16.1 Å². The van der Waals surface area contributed by atoms with Crippen LogP contribution in [0.25, 0.3) is 0 Å². The summed E-state index contributed by atoms with van der Waals surface area (Å²) in [5, 5.41) is 25.5. The maximum atomic E-state index is 13.1. The summed E-state index contributed by atoms with van der Waals surface area (Å²) < 4.78 is 15.3. The number of likely N-dealkylation sites (tertiary alicyclic amines) is 1. The van der Waals surface area contributed by atoms with E-state index in [4.69, 9.17) is 0 Å². The molecule has 3 aliphatic heterocycles. The van der Waals surface area contributed by atoms with Crippen LogP contribution in [0.5, 0.6) is 0 Å². The van der Waals surface area contributed by atoms with Crippen LogP contribution in [0.1, 0.15) is 53.9 Å². The fourth-order valence-electron chi connectivity index (χ4n) is 5.07. The van der Waals surface area contributed by atoms with E-state index in [2.05, 4.69) is 14.9 Å². The van der Waals surface area contributed by atoms with Gasteiger partial charge in [0, 0.05) is 36.5 Å². The number of nitrogens with zero attached hydrogens (tertiary/aromatic N) is 4. The molecule has 8 nitrogen and oxygen atoms in total. The van der Waals surface area contributed by atoms with Gasteiger partial charge in [-0.3, -0.25) is 4.79 Å². The Bertz CT molecular complexity index is 1020. The second-order valence-electron chi connectivity index (χ2n) is 9.30. The summed E-state index contributed by atoms with van der Waals surface area (Å²) in [5.74, 6) is 0.244. The van der Waals surface area contributed by atoms with Gasteiger partial charge in [-0.2, -0.15) is 0 Å². The summed E-state index contributed by atoms with van der Waals surface area (Å²) in [6.45, 7) is 2.97. The highest BCUT2D eigenvalue weighted by molar-refractivity contribution is 5.94. The Kier molecular flexibility index (Phi) is 5.94. The predicted molar refractivity (Wildman–Crippen MR) is 122 cm³/mol. The van der Waals surface area contributed by atoms with Crippen LogP contribution in [0.2, 0.25) is 0 Å². The Morgan fingerprint density at radius 3 is 2.55 bits per heavy atom. The summed E-state index contributed by atoms with van der Waals surface area (Å²) in [5.41, 5.74) is 0.150. The molecule has 9 heteroatoms. The number of fused-ring (bicyclic) bond motifs is 1. The molecule has 1 unspecified atom stereocenters. The van der Waals surface area contributed by atoms with Crippen molar-refractivity contribution in [3.8, 4) is 0 Å². The Hall–Kier alpha value is -2.75. The molecule has 2 saturated heterocycles. The van der Waals surface area contributed by atoms with E-state index in [-0.39, 0.29) is 18.3 Å². The van der Waals surface area contributed by atoms with Gasteiger partial charge in [0.1, 0.15) is 11.6 Å². The van der Waals surface area contributed by atoms with Crippen LogP contribution in [-0.2, 0) is 0 Å². The van der Waals surface area contributed by atoms with Crippen LogP contribution >= 0.6 is 0 Å². The molecule has 3 N–H and O–H groups in total. The van der Waals surface area contributed by atoms with Gasteiger partial charge in [0.15, 0.2) is 6.23 Å². The lowest BCUT2D eigenvalue weighted by atomic mass is 9.90. The van der Waals surface area contributed by atoms with E-state index in [9.17, 15) is 19.4 Å². The molecule has 0 saturated carbocycles. The van der Waals surface area contributed by atoms with Crippen molar-refractivity contribution in [1.29, 1.82) is 0 Å². The van der Waals surface area contributed by atoms with E-state index in [1.165, 1.54) is 24.3 Å². The van der Waals surface area contributed by atoms with Gasteiger partial charge >= 0.3 is 0 Å². The largest absolute Gasteiger partial charge is 0.388 e. The number of halogens is 1. The zero-order valence-electron chi connectivity index (χ0n) is 18.5. The van der Waals surface area contributed by atoms with Crippen LogP contribution < -0.4 is 5.32 Å². The third-order valence-corrected chi connectivity index (χ3v) is 7.09. The SMILES string of the molecule is O=C(c1ccc(F)cc1)N1CCC(O)(CN2C=Nc3c(ccn3C3CCNCC3)C2O)CC1. The van der Waals surface area contributed by atoms with Crippen molar-refractivity contribution in [3.63, 3.8) is 0 Å². The molecule has 0 bridgehead atoms. The van der Waals surface area contributed by atoms with Gasteiger partial charge in [0.2, 0.25) is 0 Å². The number of benzene rings is 1. The molecule has 0 spiro atoms. The maximum absolute atomic E-state index is 13.1. The Balaban J connectivity index is 1.22. The van der Waals surface area contributed by atoms with Crippen LogP contribution in [0.4, 0.5) is 10.2 Å². The topological polar surface area (TPSA) is 93.3 Å². The first-order valence-corrected chi connectivity index (χ1v) is 11.6. The first-order chi connectivity index (χ1) is 15.9. The number of carbonyl (C=O) groups excluding carboxylic acids is 1. The monoisotopic (exact) mass is 455 g/mol. The van der Waals surface area contributed by atoms with Crippen molar-refractivity contribution in [3.05, 3.63) is 53.5 Å². The number of carbonyl (C=O) groups is 1. The second-order valence-corrected chi connectivity index (χ2v) is 9.30. The van der Waals surface area contributed by atoms with Crippen molar-refractivity contribution in [1.82, 2.24) is 19.7 Å². The summed E-state index contributed by atoms with van der Waals surface area (Å²) in [6.07, 6.45) is 5.59. The lowest BCUT2D eigenvalue weighted by molar-refractivity contribution is -0.0587. The number of amides is 1. The number of aromatic nitrogens is 1. The molecular formula is C24H30FN5O3. The standard InChI is InChI=1S/C24H30FN5O3/c25-18-3-1-17(2-4-18)22(31)28-13-8-24(33,9-14-28)15-29-16-27-21-20(23(29)32)7-12-30(21)19-5-10-26-11-6-19/h1-4,7,12,16,19,23,26,32-33H,5-6,8-11,13-15H2. The fraction of sp³-hybridized carbons (Fsp3) is 0.500. The van der Waals surface area contributed by atoms with Gasteiger partial charge in [0.25, 0.3) is 5.91 Å². The van der Waals surface area contributed by atoms with Gasteiger partial charge in [-0.15, -0.1) is 0 Å². The highest BCUT2D eigenvalue weighted by atomic mass is 19.1. The smallest absolute Gasteiger partial charge is 0.253 e. The Morgan fingerprint density at radius 1 is 1.15 bits per heavy atom. The average molecular weight is 456 g/mol. The molecule has 0 radical (unpaired) electrons. The summed E-state index contributed by atoms with van der Waals surface area (Å²) in [7, 11) is 0. The van der Waals surface area contributed by atoms with Crippen molar-refractivity contribution in [2.24, 2.45) is 4.99 Å². The number of piperidine rings is 2. The lowest BCUT2D eigenvalue weighted by Crippen LogP contribution is -2.52. The molecule has 4 heterocycles. The van der Waals surface area contributed by atoms with Crippen LogP contribution in [-0.4, -0.2) is 75.2 Å². The molecule has 176 valence electrons. The zero-order chi connectivity index (χ0) is 23.0. The third-order valence-electron chi connectivity index (χ3n) is 7.09. The molecule has 2 aromatic rings. The minimum absolute atomic E-state index is 0.166. The number of hydrogen-bond acceptors (Lipinski definition) is 6. The van der Waals surface area contributed by atoms with Gasteiger partial charge in [0.05, 0.1) is 18.5 Å². The number of aliphatic hydroxyl groups excluding tert-OH is 1. The van der Waals surface area contributed by atoms with Crippen molar-refractivity contribution < 1.29 is 19.4 Å². The first-order valence-electron chi connectivity index (χ1n) is 11.6. The molecular weight excluding hydrogens is 425 g/mol. The fourth-order valence-corrected chi connectivity index (χ4v) is 5.07. The van der Waals surface area contributed by atoms with Crippen molar-refractivity contribution in [2.75, 3.05) is 32.7 Å². The Labute approximate surface area is 192 Å². The minimum Gasteiger partial charge on any atom is -0.388 e. The molecule has 1 aromatic carbocycles. The molecule has 1 atom stereocenters. The van der Waals surface area contributed by atoms with Crippen molar-refractivity contribution >= 4 is 18.1 Å². The number of aliphatic imine (C=N–C) groups is 1. The lowest BCUT2D eigenvalue weighted by Gasteiger charge is -2.42. The first kappa shape index (κ1) is 22.1. The molecule has 0 aliphatic carbocycles. The average Bonchev–Trinajstić information content (AvgIpc) is 3.27. The van der Waals surface area contributed by atoms with Crippen LogP contribution in [0.15, 0.2) is 41.5 Å². The van der Waals surface area contributed by atoms with Crippen molar-refractivity contribution in [2.45, 2.75) is 43.6 Å². The van der Waals surface area contributed by atoms with E-state index in [0.717, 1.165) is 37.3 Å². The van der Waals surface area contributed by atoms with E-state index in [0.29, 0.717) is 37.5 Å². The number of nitrogens with one attached hydrogen (secondary N) is 1. The predicted octanol–water partition coefficient (Wildman–Crippen LogP) is 2.19. The van der Waals surface area contributed by atoms with Gasteiger partial charge in [-0.25, -0.2) is 9.38 Å². The van der Waals surface area contributed by atoms with Gasteiger partial charge in [-0.05, 0) is 69.1 Å². The summed E-state index contributed by atoms with van der Waals surface area (Å²) >= 11 is 0. The number of hydrogen-bond donors (Lipinski definition) is 3. The van der Waals surface area contributed by atoms with E-state index >= 15 is 0 Å². The van der Waals surface area contributed by atoms with E-state index < -0.39 is 11.8 Å². The van der Waals surface area contributed by atoms with Gasteiger partial charge < -0.3 is 29.9 Å². The number of rotatable bonds is 4. The summed E-state index contributed by atoms with van der Waals surface area (Å²) in [6, 6.07) is 7.80. The quantitative estimate of drug-likeness (QED) is 0.657. The van der Waals surface area contributed by atoms with Gasteiger partial charge in [-0.1, -0.05) is 0 Å².